The highest BCUT2D eigenvalue weighted by Crippen LogP contribution is 2.39. The van der Waals surface area contributed by atoms with Crippen LogP contribution in [0, 0.1) is 11.8 Å². The van der Waals surface area contributed by atoms with Crippen LogP contribution in [0.25, 0.3) is 0 Å². The van der Waals surface area contributed by atoms with Crippen LogP contribution in [0.4, 0.5) is 18.9 Å². The quantitative estimate of drug-likeness (QED) is 0.842. The molecule has 1 nitrogen and oxygen atoms in total. The molecule has 0 unspecified atom stereocenters. The summed E-state index contributed by atoms with van der Waals surface area (Å²) >= 11 is 0. The maximum Gasteiger partial charge on any atom is 0.391 e. The van der Waals surface area contributed by atoms with Crippen LogP contribution in [0.2, 0.25) is 0 Å². The molecule has 0 amide bonds. The predicted octanol–water partition coefficient (Wildman–Crippen LogP) is 4.47. The van der Waals surface area contributed by atoms with Gasteiger partial charge in [0.1, 0.15) is 0 Å². The first-order valence-corrected chi connectivity index (χ1v) is 6.41. The number of halogens is 3. The van der Waals surface area contributed by atoms with Crippen molar-refractivity contribution >= 4 is 5.69 Å². The van der Waals surface area contributed by atoms with Crippen molar-refractivity contribution in [1.82, 2.24) is 0 Å². The Kier molecular flexibility index (Phi) is 4.15. The zero-order valence-corrected chi connectivity index (χ0v) is 10.2. The molecule has 18 heavy (non-hydrogen) atoms. The van der Waals surface area contributed by atoms with Crippen molar-refractivity contribution in [3.63, 3.8) is 0 Å². The number of benzene rings is 1. The monoisotopic (exact) mass is 257 g/mol. The first-order valence-electron chi connectivity index (χ1n) is 6.41. The second kappa shape index (κ2) is 5.63. The molecule has 2 rings (SSSR count). The standard InChI is InChI=1S/C14H18F3N/c15-14(16,17)12-8-6-11(7-9-12)10-18-13-4-2-1-3-5-13/h1-5,11-12,18H,6-10H2. The van der Waals surface area contributed by atoms with E-state index in [0.717, 1.165) is 12.2 Å². The minimum absolute atomic E-state index is 0.282. The van der Waals surface area contributed by atoms with Crippen molar-refractivity contribution in [1.29, 1.82) is 0 Å². The van der Waals surface area contributed by atoms with E-state index in [2.05, 4.69) is 5.32 Å². The Morgan fingerprint density at radius 3 is 2.17 bits per heavy atom. The first-order chi connectivity index (χ1) is 8.55. The summed E-state index contributed by atoms with van der Waals surface area (Å²) < 4.78 is 37.5. The van der Waals surface area contributed by atoms with Crippen molar-refractivity contribution in [3.8, 4) is 0 Å². The fourth-order valence-corrected chi connectivity index (χ4v) is 2.51. The van der Waals surface area contributed by atoms with E-state index in [9.17, 15) is 13.2 Å². The molecule has 0 aromatic heterocycles. The van der Waals surface area contributed by atoms with E-state index in [4.69, 9.17) is 0 Å². The zero-order chi connectivity index (χ0) is 13.0. The van der Waals surface area contributed by atoms with Crippen molar-refractivity contribution in [2.24, 2.45) is 11.8 Å². The Bertz CT molecular complexity index is 353. The predicted molar refractivity (Wildman–Crippen MR) is 66.4 cm³/mol. The maximum atomic E-state index is 12.5. The number of para-hydroxylation sites is 1. The molecular weight excluding hydrogens is 239 g/mol. The summed E-state index contributed by atoms with van der Waals surface area (Å²) in [6.07, 6.45) is -2.10. The Hall–Kier alpha value is -1.19. The number of hydrogen-bond acceptors (Lipinski definition) is 1. The molecule has 4 heteroatoms. The molecule has 1 aromatic rings. The molecule has 0 spiro atoms. The number of alkyl halides is 3. The molecule has 0 heterocycles. The van der Waals surface area contributed by atoms with Gasteiger partial charge in [0.15, 0.2) is 0 Å². The van der Waals surface area contributed by atoms with Gasteiger partial charge in [0.25, 0.3) is 0 Å². The van der Waals surface area contributed by atoms with Gasteiger partial charge in [-0.2, -0.15) is 13.2 Å². The van der Waals surface area contributed by atoms with Crippen LogP contribution < -0.4 is 5.32 Å². The summed E-state index contributed by atoms with van der Waals surface area (Å²) in [6, 6.07) is 9.79. The Balaban J connectivity index is 1.74. The van der Waals surface area contributed by atoms with Gasteiger partial charge < -0.3 is 5.32 Å². The lowest BCUT2D eigenvalue weighted by atomic mass is 9.81. The van der Waals surface area contributed by atoms with E-state index in [1.54, 1.807) is 0 Å². The van der Waals surface area contributed by atoms with Gasteiger partial charge in [-0.05, 0) is 43.7 Å². The summed E-state index contributed by atoms with van der Waals surface area (Å²) in [6.45, 7) is 0.772. The third kappa shape index (κ3) is 3.65. The molecular formula is C14H18F3N. The highest BCUT2D eigenvalue weighted by atomic mass is 19.4. The van der Waals surface area contributed by atoms with Crippen molar-refractivity contribution in [3.05, 3.63) is 30.3 Å². The van der Waals surface area contributed by atoms with Crippen LogP contribution in [0.5, 0.6) is 0 Å². The smallest absolute Gasteiger partial charge is 0.385 e. The van der Waals surface area contributed by atoms with Crippen LogP contribution in [0.15, 0.2) is 30.3 Å². The SMILES string of the molecule is FC(F)(F)C1CCC(CNc2ccccc2)CC1. The van der Waals surface area contributed by atoms with Gasteiger partial charge in [-0.15, -0.1) is 0 Å². The van der Waals surface area contributed by atoms with Gasteiger partial charge in [0.05, 0.1) is 5.92 Å². The number of anilines is 1. The van der Waals surface area contributed by atoms with Gasteiger partial charge >= 0.3 is 6.18 Å². The molecule has 1 saturated carbocycles. The Labute approximate surface area is 105 Å². The molecule has 1 aromatic carbocycles. The van der Waals surface area contributed by atoms with Crippen molar-refractivity contribution in [2.75, 3.05) is 11.9 Å². The summed E-state index contributed by atoms with van der Waals surface area (Å²) in [5.41, 5.74) is 1.04. The molecule has 0 atom stereocenters. The Morgan fingerprint density at radius 2 is 1.61 bits per heavy atom. The van der Waals surface area contributed by atoms with Crippen LogP contribution in [-0.4, -0.2) is 12.7 Å². The second-order valence-electron chi connectivity index (χ2n) is 5.01. The van der Waals surface area contributed by atoms with Crippen LogP contribution in [-0.2, 0) is 0 Å². The topological polar surface area (TPSA) is 12.0 Å². The average Bonchev–Trinajstić information content (AvgIpc) is 2.37. The number of nitrogens with one attached hydrogen (secondary N) is 1. The zero-order valence-electron chi connectivity index (χ0n) is 10.2. The first kappa shape index (κ1) is 13.2. The largest absolute Gasteiger partial charge is 0.391 e. The van der Waals surface area contributed by atoms with Gasteiger partial charge in [0, 0.05) is 12.2 Å². The molecule has 1 aliphatic carbocycles. The molecule has 1 fully saturated rings. The van der Waals surface area contributed by atoms with E-state index in [1.165, 1.54) is 0 Å². The van der Waals surface area contributed by atoms with E-state index in [-0.39, 0.29) is 12.8 Å². The second-order valence-corrected chi connectivity index (χ2v) is 5.01. The summed E-state index contributed by atoms with van der Waals surface area (Å²) in [5, 5.41) is 3.29. The lowest BCUT2D eigenvalue weighted by molar-refractivity contribution is -0.183. The van der Waals surface area contributed by atoms with Gasteiger partial charge in [-0.25, -0.2) is 0 Å². The minimum atomic E-state index is -4.00. The summed E-state index contributed by atoms with van der Waals surface area (Å²) in [5.74, 6) is -0.714. The van der Waals surface area contributed by atoms with Crippen molar-refractivity contribution in [2.45, 2.75) is 31.9 Å². The third-order valence-corrected chi connectivity index (χ3v) is 3.68. The summed E-state index contributed by atoms with van der Waals surface area (Å²) in [7, 11) is 0. The van der Waals surface area contributed by atoms with Crippen LogP contribution >= 0.6 is 0 Å². The normalized spacial score (nSPS) is 24.8. The molecule has 0 radical (unpaired) electrons. The summed E-state index contributed by atoms with van der Waals surface area (Å²) in [4.78, 5) is 0. The average molecular weight is 257 g/mol. The van der Waals surface area contributed by atoms with Crippen LogP contribution in [0.1, 0.15) is 25.7 Å². The third-order valence-electron chi connectivity index (χ3n) is 3.68. The van der Waals surface area contributed by atoms with E-state index < -0.39 is 12.1 Å². The van der Waals surface area contributed by atoms with Gasteiger partial charge in [0.2, 0.25) is 0 Å². The molecule has 1 aliphatic rings. The van der Waals surface area contributed by atoms with Gasteiger partial charge in [-0.1, -0.05) is 18.2 Å². The van der Waals surface area contributed by atoms with E-state index >= 15 is 0 Å². The molecule has 100 valence electrons. The molecule has 0 bridgehead atoms. The fraction of sp³-hybridized carbons (Fsp3) is 0.571. The minimum Gasteiger partial charge on any atom is -0.385 e. The highest BCUT2D eigenvalue weighted by Gasteiger charge is 2.41. The Morgan fingerprint density at radius 1 is 1.00 bits per heavy atom. The lowest BCUT2D eigenvalue weighted by Gasteiger charge is -2.30. The van der Waals surface area contributed by atoms with E-state index in [1.807, 2.05) is 30.3 Å². The lowest BCUT2D eigenvalue weighted by Crippen LogP contribution is -2.29. The molecule has 0 saturated heterocycles. The van der Waals surface area contributed by atoms with Crippen molar-refractivity contribution < 1.29 is 13.2 Å². The number of hydrogen-bond donors (Lipinski definition) is 1. The number of rotatable bonds is 3. The molecule has 0 aliphatic heterocycles. The van der Waals surface area contributed by atoms with E-state index in [0.29, 0.717) is 18.8 Å². The molecule has 1 N–H and O–H groups in total. The fourth-order valence-electron chi connectivity index (χ4n) is 2.51. The highest BCUT2D eigenvalue weighted by molar-refractivity contribution is 5.42. The van der Waals surface area contributed by atoms with Crippen LogP contribution in [0.3, 0.4) is 0 Å². The maximum absolute atomic E-state index is 12.5. The van der Waals surface area contributed by atoms with Gasteiger partial charge in [-0.3, -0.25) is 0 Å².